The van der Waals surface area contributed by atoms with Crippen LogP contribution >= 0.6 is 0 Å². The number of halogens is 1. The van der Waals surface area contributed by atoms with Gasteiger partial charge in [0.2, 0.25) is 0 Å². The van der Waals surface area contributed by atoms with E-state index in [-0.39, 0.29) is 11.5 Å². The second-order valence-corrected chi connectivity index (χ2v) is 6.26. The van der Waals surface area contributed by atoms with E-state index in [0.29, 0.717) is 13.1 Å². The molecule has 0 bridgehead atoms. The molecule has 0 spiro atoms. The molecule has 3 rings (SSSR count). The number of rotatable bonds is 4. The Balaban J connectivity index is 1.51. The first-order valence-corrected chi connectivity index (χ1v) is 8.32. The molecule has 0 saturated carbocycles. The minimum Gasteiger partial charge on any atom is -0.336 e. The summed E-state index contributed by atoms with van der Waals surface area (Å²) in [5.74, 6) is -0.666. The van der Waals surface area contributed by atoms with E-state index in [2.05, 4.69) is 23.0 Å². The van der Waals surface area contributed by atoms with Crippen molar-refractivity contribution in [3.8, 4) is 0 Å². The molecule has 128 valence electrons. The van der Waals surface area contributed by atoms with Gasteiger partial charge in [0.25, 0.3) is 5.91 Å². The Hall–Kier alpha value is -2.21. The van der Waals surface area contributed by atoms with Crippen molar-refractivity contribution in [1.82, 2.24) is 19.6 Å². The highest BCUT2D eigenvalue weighted by Crippen LogP contribution is 2.12. The first kappa shape index (κ1) is 16.6. The molecule has 0 N–H and O–H groups in total. The van der Waals surface area contributed by atoms with E-state index in [1.54, 1.807) is 23.1 Å². The maximum absolute atomic E-state index is 13.8. The molecule has 2 aromatic rings. The first-order valence-electron chi connectivity index (χ1n) is 8.32. The van der Waals surface area contributed by atoms with Gasteiger partial charge in [0.15, 0.2) is 0 Å². The number of carbonyl (C=O) groups excluding carboxylic acids is 1. The van der Waals surface area contributed by atoms with Crippen molar-refractivity contribution in [3.63, 3.8) is 0 Å². The minimum atomic E-state index is -0.450. The smallest absolute Gasteiger partial charge is 0.256 e. The van der Waals surface area contributed by atoms with Crippen molar-refractivity contribution in [2.75, 3.05) is 32.7 Å². The molecule has 5 nitrogen and oxygen atoms in total. The number of carbonyl (C=O) groups is 1. The van der Waals surface area contributed by atoms with Crippen LogP contribution in [0.1, 0.15) is 21.7 Å². The third-order valence-electron chi connectivity index (χ3n) is 4.50. The van der Waals surface area contributed by atoms with Gasteiger partial charge in [0, 0.05) is 38.4 Å². The summed E-state index contributed by atoms with van der Waals surface area (Å²) in [4.78, 5) is 16.5. The van der Waals surface area contributed by atoms with Crippen LogP contribution in [0.4, 0.5) is 4.39 Å². The molecule has 1 saturated heterocycles. The Labute approximate surface area is 141 Å². The van der Waals surface area contributed by atoms with Crippen molar-refractivity contribution >= 4 is 5.91 Å². The summed E-state index contributed by atoms with van der Waals surface area (Å²) in [7, 11) is 0. The molecule has 1 aromatic carbocycles. The Morgan fingerprint density at radius 3 is 2.46 bits per heavy atom. The minimum absolute atomic E-state index is 0.161. The highest BCUT2D eigenvalue weighted by atomic mass is 19.1. The zero-order chi connectivity index (χ0) is 17.1. The third kappa shape index (κ3) is 3.64. The van der Waals surface area contributed by atoms with E-state index in [4.69, 9.17) is 0 Å². The van der Waals surface area contributed by atoms with Crippen LogP contribution in [0.2, 0.25) is 0 Å². The highest BCUT2D eigenvalue weighted by Gasteiger charge is 2.23. The first-order chi connectivity index (χ1) is 11.5. The standard InChI is InChI=1S/C18H23FN4O/c1-14-13-15(2)23(20-14)12-9-21-7-10-22(11-8-21)18(24)16-5-3-4-6-17(16)19/h3-6,13H,7-12H2,1-2H3. The molecule has 0 aliphatic carbocycles. The number of benzene rings is 1. The van der Waals surface area contributed by atoms with Crippen LogP contribution in [0.3, 0.4) is 0 Å². The zero-order valence-electron chi connectivity index (χ0n) is 14.2. The SMILES string of the molecule is Cc1cc(C)n(CCN2CCN(C(=O)c3ccccc3F)CC2)n1. The maximum Gasteiger partial charge on any atom is 0.256 e. The fraction of sp³-hybridized carbons (Fsp3) is 0.444. The van der Waals surface area contributed by atoms with Crippen LogP contribution < -0.4 is 0 Å². The van der Waals surface area contributed by atoms with Gasteiger partial charge < -0.3 is 4.90 Å². The lowest BCUT2D eigenvalue weighted by Crippen LogP contribution is -2.49. The summed E-state index contributed by atoms with van der Waals surface area (Å²) in [6, 6.07) is 8.25. The van der Waals surface area contributed by atoms with Gasteiger partial charge in [-0.25, -0.2) is 4.39 Å². The Morgan fingerprint density at radius 1 is 1.12 bits per heavy atom. The molecule has 6 heteroatoms. The van der Waals surface area contributed by atoms with E-state index >= 15 is 0 Å². The molecule has 0 radical (unpaired) electrons. The van der Waals surface area contributed by atoms with Gasteiger partial charge in [-0.1, -0.05) is 12.1 Å². The molecule has 24 heavy (non-hydrogen) atoms. The van der Waals surface area contributed by atoms with Crippen molar-refractivity contribution in [2.24, 2.45) is 0 Å². The summed E-state index contributed by atoms with van der Waals surface area (Å²) in [5.41, 5.74) is 2.36. The van der Waals surface area contributed by atoms with Gasteiger partial charge in [0.1, 0.15) is 5.82 Å². The van der Waals surface area contributed by atoms with Crippen LogP contribution in [0.25, 0.3) is 0 Å². The topological polar surface area (TPSA) is 41.4 Å². The predicted molar refractivity (Wildman–Crippen MR) is 90.4 cm³/mol. The molecule has 1 aliphatic rings. The van der Waals surface area contributed by atoms with Crippen LogP contribution in [-0.2, 0) is 6.54 Å². The van der Waals surface area contributed by atoms with Crippen LogP contribution in [0, 0.1) is 19.7 Å². The van der Waals surface area contributed by atoms with Crippen molar-refractivity contribution in [3.05, 3.63) is 53.1 Å². The second-order valence-electron chi connectivity index (χ2n) is 6.26. The van der Waals surface area contributed by atoms with Gasteiger partial charge in [-0.05, 0) is 32.0 Å². The summed E-state index contributed by atoms with van der Waals surface area (Å²) in [5, 5.41) is 4.47. The quantitative estimate of drug-likeness (QED) is 0.862. The lowest BCUT2D eigenvalue weighted by molar-refractivity contribution is 0.0627. The molecular weight excluding hydrogens is 307 g/mol. The van der Waals surface area contributed by atoms with Crippen LogP contribution in [0.15, 0.2) is 30.3 Å². The Bertz CT molecular complexity index is 720. The van der Waals surface area contributed by atoms with Gasteiger partial charge in [-0.2, -0.15) is 5.10 Å². The van der Waals surface area contributed by atoms with Crippen LogP contribution in [0.5, 0.6) is 0 Å². The van der Waals surface area contributed by atoms with Gasteiger partial charge in [-0.15, -0.1) is 0 Å². The van der Waals surface area contributed by atoms with Crippen molar-refractivity contribution in [2.45, 2.75) is 20.4 Å². The van der Waals surface area contributed by atoms with E-state index in [9.17, 15) is 9.18 Å². The highest BCUT2D eigenvalue weighted by molar-refractivity contribution is 5.94. The summed E-state index contributed by atoms with van der Waals surface area (Å²) < 4.78 is 15.8. The van der Waals surface area contributed by atoms with Gasteiger partial charge >= 0.3 is 0 Å². The number of aromatic nitrogens is 2. The lowest BCUT2D eigenvalue weighted by atomic mass is 10.1. The number of amides is 1. The van der Waals surface area contributed by atoms with Gasteiger partial charge in [0.05, 0.1) is 17.8 Å². The monoisotopic (exact) mass is 330 g/mol. The van der Waals surface area contributed by atoms with Gasteiger partial charge in [-0.3, -0.25) is 14.4 Å². The molecular formula is C18H23FN4O. The number of nitrogens with zero attached hydrogens (tertiary/aromatic N) is 4. The number of piperazine rings is 1. The molecule has 1 fully saturated rings. The van der Waals surface area contributed by atoms with E-state index in [1.807, 2.05) is 11.6 Å². The average molecular weight is 330 g/mol. The third-order valence-corrected chi connectivity index (χ3v) is 4.50. The average Bonchev–Trinajstić information content (AvgIpc) is 2.91. The number of aryl methyl sites for hydroxylation is 2. The Kier molecular flexibility index (Phi) is 4.94. The summed E-state index contributed by atoms with van der Waals surface area (Å²) >= 11 is 0. The van der Waals surface area contributed by atoms with Crippen molar-refractivity contribution in [1.29, 1.82) is 0 Å². The summed E-state index contributed by atoms with van der Waals surface area (Å²) in [6.45, 7) is 8.68. The normalized spacial score (nSPS) is 15.7. The molecule has 0 unspecified atom stereocenters. The van der Waals surface area contributed by atoms with E-state index in [1.165, 1.54) is 11.8 Å². The number of hydrogen-bond donors (Lipinski definition) is 0. The van der Waals surface area contributed by atoms with E-state index < -0.39 is 5.82 Å². The number of hydrogen-bond acceptors (Lipinski definition) is 3. The predicted octanol–water partition coefficient (Wildman–Crippen LogP) is 2.10. The second kappa shape index (κ2) is 7.13. The molecule has 0 atom stereocenters. The van der Waals surface area contributed by atoms with Crippen molar-refractivity contribution < 1.29 is 9.18 Å². The molecule has 1 aromatic heterocycles. The molecule has 2 heterocycles. The zero-order valence-corrected chi connectivity index (χ0v) is 14.2. The lowest BCUT2D eigenvalue weighted by Gasteiger charge is -2.34. The fourth-order valence-electron chi connectivity index (χ4n) is 3.12. The summed E-state index contributed by atoms with van der Waals surface area (Å²) in [6.07, 6.45) is 0. The van der Waals surface area contributed by atoms with E-state index in [0.717, 1.165) is 31.9 Å². The van der Waals surface area contributed by atoms with Crippen LogP contribution in [-0.4, -0.2) is 58.2 Å². The molecule has 1 amide bonds. The molecule has 1 aliphatic heterocycles. The largest absolute Gasteiger partial charge is 0.336 e. The maximum atomic E-state index is 13.8. The fourth-order valence-corrected chi connectivity index (χ4v) is 3.12. The Morgan fingerprint density at radius 2 is 1.83 bits per heavy atom.